The van der Waals surface area contributed by atoms with Gasteiger partial charge in [0, 0.05) is 4.88 Å². The Kier molecular flexibility index (Phi) is 3.43. The van der Waals surface area contributed by atoms with Crippen molar-refractivity contribution in [2.45, 2.75) is 13.8 Å². The minimum absolute atomic E-state index is 0.754. The SMILES string of the molecule is Cc1sc2ncnc(N/N=C\c3ccccc3)c2c1C. The van der Waals surface area contributed by atoms with Gasteiger partial charge in [0.1, 0.15) is 11.2 Å². The highest BCUT2D eigenvalue weighted by Crippen LogP contribution is 2.32. The molecule has 0 atom stereocenters. The van der Waals surface area contributed by atoms with Crippen LogP contribution in [0.3, 0.4) is 0 Å². The molecule has 0 saturated carbocycles. The summed E-state index contributed by atoms with van der Waals surface area (Å²) >= 11 is 1.68. The molecular formula is C15H14N4S. The van der Waals surface area contributed by atoms with E-state index in [0.29, 0.717) is 0 Å². The number of rotatable bonds is 3. The van der Waals surface area contributed by atoms with Gasteiger partial charge >= 0.3 is 0 Å². The number of hydrogen-bond donors (Lipinski definition) is 1. The molecule has 2 aromatic heterocycles. The van der Waals surface area contributed by atoms with Crippen molar-refractivity contribution in [3.8, 4) is 0 Å². The molecule has 0 amide bonds. The fraction of sp³-hybridized carbons (Fsp3) is 0.133. The zero-order valence-electron chi connectivity index (χ0n) is 11.3. The van der Waals surface area contributed by atoms with Gasteiger partial charge in [-0.05, 0) is 25.0 Å². The van der Waals surface area contributed by atoms with Crippen LogP contribution in [0.4, 0.5) is 5.82 Å². The smallest absolute Gasteiger partial charge is 0.158 e. The van der Waals surface area contributed by atoms with Crippen molar-refractivity contribution in [3.05, 3.63) is 52.7 Å². The number of thiophene rings is 1. The average Bonchev–Trinajstić information content (AvgIpc) is 2.76. The number of anilines is 1. The van der Waals surface area contributed by atoms with Gasteiger partial charge in [-0.15, -0.1) is 11.3 Å². The molecule has 20 heavy (non-hydrogen) atoms. The third-order valence-corrected chi connectivity index (χ3v) is 4.26. The van der Waals surface area contributed by atoms with Crippen LogP contribution >= 0.6 is 11.3 Å². The number of hydrazone groups is 1. The molecule has 0 saturated heterocycles. The van der Waals surface area contributed by atoms with Crippen LogP contribution in [0.5, 0.6) is 0 Å². The first-order chi connectivity index (χ1) is 9.75. The first-order valence-electron chi connectivity index (χ1n) is 6.30. The Labute approximate surface area is 121 Å². The molecule has 1 N–H and O–H groups in total. The van der Waals surface area contributed by atoms with Gasteiger partial charge in [-0.25, -0.2) is 9.97 Å². The summed E-state index contributed by atoms with van der Waals surface area (Å²) in [5.41, 5.74) is 5.27. The summed E-state index contributed by atoms with van der Waals surface area (Å²) in [4.78, 5) is 10.8. The Morgan fingerprint density at radius 2 is 1.95 bits per heavy atom. The normalized spacial score (nSPS) is 11.3. The van der Waals surface area contributed by atoms with Crippen LogP contribution in [-0.4, -0.2) is 16.2 Å². The zero-order valence-corrected chi connectivity index (χ0v) is 12.1. The molecule has 5 heteroatoms. The standard InChI is InChI=1S/C15H14N4S/c1-10-11(2)20-15-13(10)14(16-9-17-15)19-18-8-12-6-4-3-5-7-12/h3-9H,1-2H3,(H,16,17,19)/b18-8-. The van der Waals surface area contributed by atoms with Crippen LogP contribution in [0.25, 0.3) is 10.2 Å². The fourth-order valence-electron chi connectivity index (χ4n) is 1.97. The maximum Gasteiger partial charge on any atom is 0.158 e. The van der Waals surface area contributed by atoms with E-state index in [4.69, 9.17) is 0 Å². The van der Waals surface area contributed by atoms with Gasteiger partial charge in [-0.3, -0.25) is 5.43 Å². The minimum Gasteiger partial charge on any atom is -0.261 e. The van der Waals surface area contributed by atoms with Crippen molar-refractivity contribution >= 4 is 33.6 Å². The van der Waals surface area contributed by atoms with Crippen LogP contribution in [0, 0.1) is 13.8 Å². The Bertz CT molecular complexity index is 762. The second-order valence-electron chi connectivity index (χ2n) is 4.47. The van der Waals surface area contributed by atoms with Gasteiger partial charge in [0.15, 0.2) is 5.82 Å². The van der Waals surface area contributed by atoms with Gasteiger partial charge < -0.3 is 0 Å². The second kappa shape index (κ2) is 5.38. The molecule has 3 aromatic rings. The minimum atomic E-state index is 0.754. The van der Waals surface area contributed by atoms with E-state index in [1.807, 2.05) is 30.3 Å². The van der Waals surface area contributed by atoms with Crippen LogP contribution in [0.2, 0.25) is 0 Å². The first-order valence-corrected chi connectivity index (χ1v) is 7.12. The molecule has 4 nitrogen and oxygen atoms in total. The van der Waals surface area contributed by atoms with Crippen LogP contribution in [0.1, 0.15) is 16.0 Å². The maximum absolute atomic E-state index is 4.31. The molecule has 0 fully saturated rings. The van der Waals surface area contributed by atoms with E-state index in [-0.39, 0.29) is 0 Å². The van der Waals surface area contributed by atoms with Crippen molar-refractivity contribution in [2.75, 3.05) is 5.43 Å². The monoisotopic (exact) mass is 282 g/mol. The number of benzene rings is 1. The molecule has 0 unspecified atom stereocenters. The molecule has 100 valence electrons. The third-order valence-electron chi connectivity index (χ3n) is 3.15. The summed E-state index contributed by atoms with van der Waals surface area (Å²) in [6.07, 6.45) is 3.35. The number of aromatic nitrogens is 2. The number of nitrogens with one attached hydrogen (secondary N) is 1. The molecule has 0 spiro atoms. The van der Waals surface area contributed by atoms with Gasteiger partial charge in [-0.2, -0.15) is 5.10 Å². The average molecular weight is 282 g/mol. The van der Waals surface area contributed by atoms with Crippen LogP contribution < -0.4 is 5.43 Å². The highest BCUT2D eigenvalue weighted by atomic mass is 32.1. The lowest BCUT2D eigenvalue weighted by molar-refractivity contribution is 1.19. The van der Waals surface area contributed by atoms with Crippen molar-refractivity contribution in [1.82, 2.24) is 9.97 Å². The number of hydrogen-bond acceptors (Lipinski definition) is 5. The highest BCUT2D eigenvalue weighted by molar-refractivity contribution is 7.18. The topological polar surface area (TPSA) is 50.2 Å². The van der Waals surface area contributed by atoms with Gasteiger partial charge in [0.25, 0.3) is 0 Å². The van der Waals surface area contributed by atoms with E-state index in [0.717, 1.165) is 21.6 Å². The third kappa shape index (κ3) is 2.40. The van der Waals surface area contributed by atoms with Crippen molar-refractivity contribution in [3.63, 3.8) is 0 Å². The van der Waals surface area contributed by atoms with Crippen LogP contribution in [-0.2, 0) is 0 Å². The largest absolute Gasteiger partial charge is 0.261 e. The maximum atomic E-state index is 4.31. The highest BCUT2D eigenvalue weighted by Gasteiger charge is 2.10. The summed E-state index contributed by atoms with van der Waals surface area (Å²) in [7, 11) is 0. The molecule has 0 aliphatic rings. The number of nitrogens with zero attached hydrogens (tertiary/aromatic N) is 3. The lowest BCUT2D eigenvalue weighted by Gasteiger charge is -2.01. The first kappa shape index (κ1) is 12.7. The molecule has 2 heterocycles. The quantitative estimate of drug-likeness (QED) is 0.588. The number of aryl methyl sites for hydroxylation is 2. The van der Waals surface area contributed by atoms with Gasteiger partial charge in [-0.1, -0.05) is 30.3 Å². The lowest BCUT2D eigenvalue weighted by atomic mass is 10.2. The summed E-state index contributed by atoms with van der Waals surface area (Å²) in [6, 6.07) is 9.95. The molecular weight excluding hydrogens is 268 g/mol. The zero-order chi connectivity index (χ0) is 13.9. The summed E-state index contributed by atoms with van der Waals surface area (Å²) in [5.74, 6) is 0.754. The second-order valence-corrected chi connectivity index (χ2v) is 5.67. The molecule has 3 rings (SSSR count). The van der Waals surface area contributed by atoms with Gasteiger partial charge in [0.05, 0.1) is 11.6 Å². The Balaban J connectivity index is 1.90. The van der Waals surface area contributed by atoms with E-state index < -0.39 is 0 Å². The Morgan fingerprint density at radius 3 is 2.75 bits per heavy atom. The van der Waals surface area contributed by atoms with Gasteiger partial charge in [0.2, 0.25) is 0 Å². The van der Waals surface area contributed by atoms with E-state index in [9.17, 15) is 0 Å². The predicted octanol–water partition coefficient (Wildman–Crippen LogP) is 3.75. The van der Waals surface area contributed by atoms with Crippen molar-refractivity contribution in [1.29, 1.82) is 0 Å². The Morgan fingerprint density at radius 1 is 1.15 bits per heavy atom. The fourth-order valence-corrected chi connectivity index (χ4v) is 2.97. The Hall–Kier alpha value is -2.27. The predicted molar refractivity (Wildman–Crippen MR) is 84.5 cm³/mol. The molecule has 0 aliphatic heterocycles. The summed E-state index contributed by atoms with van der Waals surface area (Å²) in [5, 5.41) is 5.31. The number of fused-ring (bicyclic) bond motifs is 1. The molecule has 0 aliphatic carbocycles. The molecule has 0 radical (unpaired) electrons. The summed E-state index contributed by atoms with van der Waals surface area (Å²) in [6.45, 7) is 4.18. The van der Waals surface area contributed by atoms with E-state index >= 15 is 0 Å². The summed E-state index contributed by atoms with van der Waals surface area (Å²) < 4.78 is 0. The van der Waals surface area contributed by atoms with Crippen molar-refractivity contribution < 1.29 is 0 Å². The van der Waals surface area contributed by atoms with Crippen molar-refractivity contribution in [2.24, 2.45) is 5.10 Å². The van der Waals surface area contributed by atoms with E-state index in [1.165, 1.54) is 10.4 Å². The molecule has 1 aromatic carbocycles. The van der Waals surface area contributed by atoms with E-state index in [2.05, 4.69) is 34.3 Å². The van der Waals surface area contributed by atoms with Crippen LogP contribution in [0.15, 0.2) is 41.8 Å². The van der Waals surface area contributed by atoms with E-state index in [1.54, 1.807) is 23.9 Å². The molecule has 0 bridgehead atoms. The lowest BCUT2D eigenvalue weighted by Crippen LogP contribution is -1.95.